The highest BCUT2D eigenvalue weighted by atomic mass is 79.9. The van der Waals surface area contributed by atoms with E-state index in [-0.39, 0.29) is 11.7 Å². The number of aromatic hydroxyl groups is 1. The predicted octanol–water partition coefficient (Wildman–Crippen LogP) is 5.33. The molecule has 0 bridgehead atoms. The number of benzene rings is 3. The van der Waals surface area contributed by atoms with Crippen LogP contribution in [0.15, 0.2) is 62.6 Å². The molecule has 0 aliphatic rings. The zero-order chi connectivity index (χ0) is 20.3. The van der Waals surface area contributed by atoms with Gasteiger partial charge in [-0.1, -0.05) is 46.3 Å². The molecule has 144 valence electrons. The van der Waals surface area contributed by atoms with E-state index in [1.54, 1.807) is 13.0 Å². The maximum Gasteiger partial charge on any atom is 0.262 e. The van der Waals surface area contributed by atoms with Crippen molar-refractivity contribution in [1.82, 2.24) is 5.43 Å². The second kappa shape index (κ2) is 8.75. The van der Waals surface area contributed by atoms with Crippen LogP contribution in [0.3, 0.4) is 0 Å². The number of hydrazone groups is 1. The standard InChI is InChI=1S/C21H19Br2N3O2/c1-12-18(22)10-16(20(27)19(12)23)11-24-26-21(28)13(2)25-17-8-7-14-5-3-4-6-15(14)9-17/h3-11,13,25,27H,1-2H3,(H,26,28)/b24-11-. The zero-order valence-corrected chi connectivity index (χ0v) is 18.5. The number of carbonyl (C=O) groups excluding carboxylic acids is 1. The quantitative estimate of drug-likeness (QED) is 0.324. The van der Waals surface area contributed by atoms with Crippen molar-refractivity contribution in [3.8, 4) is 5.75 Å². The number of carbonyl (C=O) groups is 1. The molecular formula is C21H19Br2N3O2. The van der Waals surface area contributed by atoms with Crippen molar-refractivity contribution in [3.63, 3.8) is 0 Å². The minimum atomic E-state index is -0.483. The van der Waals surface area contributed by atoms with Crippen LogP contribution >= 0.6 is 31.9 Å². The summed E-state index contributed by atoms with van der Waals surface area (Å²) < 4.78 is 1.41. The summed E-state index contributed by atoms with van der Waals surface area (Å²) >= 11 is 6.77. The van der Waals surface area contributed by atoms with Gasteiger partial charge < -0.3 is 10.4 Å². The van der Waals surface area contributed by atoms with Gasteiger partial charge in [0.25, 0.3) is 5.91 Å². The van der Waals surface area contributed by atoms with Crippen LogP contribution in [0.5, 0.6) is 5.75 Å². The fourth-order valence-corrected chi connectivity index (χ4v) is 3.83. The van der Waals surface area contributed by atoms with E-state index in [2.05, 4.69) is 47.7 Å². The van der Waals surface area contributed by atoms with Gasteiger partial charge in [-0.25, -0.2) is 5.43 Å². The van der Waals surface area contributed by atoms with E-state index in [1.807, 2.05) is 49.4 Å². The Morgan fingerprint density at radius 2 is 1.86 bits per heavy atom. The molecule has 5 nitrogen and oxygen atoms in total. The fraction of sp³-hybridized carbons (Fsp3) is 0.143. The first kappa shape index (κ1) is 20.4. The summed E-state index contributed by atoms with van der Waals surface area (Å²) in [6.45, 7) is 3.63. The largest absolute Gasteiger partial charge is 0.506 e. The van der Waals surface area contributed by atoms with E-state index in [4.69, 9.17) is 0 Å². The predicted molar refractivity (Wildman–Crippen MR) is 121 cm³/mol. The smallest absolute Gasteiger partial charge is 0.262 e. The first-order valence-electron chi connectivity index (χ1n) is 8.62. The zero-order valence-electron chi connectivity index (χ0n) is 15.3. The van der Waals surface area contributed by atoms with E-state index in [0.717, 1.165) is 26.5 Å². The highest BCUT2D eigenvalue weighted by Crippen LogP contribution is 2.35. The summed E-state index contributed by atoms with van der Waals surface area (Å²) in [4.78, 5) is 12.3. The van der Waals surface area contributed by atoms with Gasteiger partial charge in [-0.3, -0.25) is 4.79 Å². The molecule has 0 radical (unpaired) electrons. The molecule has 3 aromatic rings. The van der Waals surface area contributed by atoms with Gasteiger partial charge in [0.05, 0.1) is 10.7 Å². The Morgan fingerprint density at radius 3 is 2.61 bits per heavy atom. The number of amides is 1. The fourth-order valence-electron chi connectivity index (χ4n) is 2.68. The second-order valence-corrected chi connectivity index (χ2v) is 8.04. The molecule has 28 heavy (non-hydrogen) atoms. The molecule has 0 spiro atoms. The van der Waals surface area contributed by atoms with Crippen molar-refractivity contribution >= 4 is 60.4 Å². The average Bonchev–Trinajstić information content (AvgIpc) is 2.69. The third-order valence-electron chi connectivity index (χ3n) is 4.36. The first-order valence-corrected chi connectivity index (χ1v) is 10.2. The SMILES string of the molecule is Cc1c(Br)cc(/C=N\NC(=O)C(C)Nc2ccc3ccccc3c2)c(O)c1Br. The van der Waals surface area contributed by atoms with Crippen molar-refractivity contribution in [3.05, 3.63) is 68.6 Å². The second-order valence-electron chi connectivity index (χ2n) is 6.40. The van der Waals surface area contributed by atoms with Crippen molar-refractivity contribution in [2.24, 2.45) is 5.10 Å². The summed E-state index contributed by atoms with van der Waals surface area (Å²) in [5.74, 6) is -0.213. The number of phenols is 1. The number of nitrogens with one attached hydrogen (secondary N) is 2. The summed E-state index contributed by atoms with van der Waals surface area (Å²) in [7, 11) is 0. The van der Waals surface area contributed by atoms with Crippen LogP contribution < -0.4 is 10.7 Å². The minimum Gasteiger partial charge on any atom is -0.506 e. The summed E-state index contributed by atoms with van der Waals surface area (Å²) in [6, 6.07) is 15.2. The normalized spacial score (nSPS) is 12.3. The average molecular weight is 505 g/mol. The van der Waals surface area contributed by atoms with Crippen LogP contribution in [-0.4, -0.2) is 23.3 Å². The molecule has 0 fully saturated rings. The van der Waals surface area contributed by atoms with Crippen molar-refractivity contribution in [1.29, 1.82) is 0 Å². The van der Waals surface area contributed by atoms with Gasteiger partial charge in [0.15, 0.2) is 0 Å². The third kappa shape index (κ3) is 4.54. The van der Waals surface area contributed by atoms with Crippen LogP contribution in [0, 0.1) is 6.92 Å². The highest BCUT2D eigenvalue weighted by molar-refractivity contribution is 9.11. The lowest BCUT2D eigenvalue weighted by Crippen LogP contribution is -2.34. The molecule has 7 heteroatoms. The molecule has 3 N–H and O–H groups in total. The van der Waals surface area contributed by atoms with Crippen molar-refractivity contribution in [2.75, 3.05) is 5.32 Å². The Balaban J connectivity index is 1.65. The molecule has 1 amide bonds. The maximum atomic E-state index is 12.3. The first-order chi connectivity index (χ1) is 13.4. The molecule has 3 aromatic carbocycles. The van der Waals surface area contributed by atoms with Crippen LogP contribution in [0.4, 0.5) is 5.69 Å². The van der Waals surface area contributed by atoms with Gasteiger partial charge in [-0.05, 0) is 64.3 Å². The van der Waals surface area contributed by atoms with Crippen LogP contribution in [0.2, 0.25) is 0 Å². The Hall–Kier alpha value is -2.38. The van der Waals surface area contributed by atoms with Crippen LogP contribution in [-0.2, 0) is 4.79 Å². The Kier molecular flexibility index (Phi) is 6.36. The maximum absolute atomic E-state index is 12.3. The lowest BCUT2D eigenvalue weighted by Gasteiger charge is -2.14. The number of nitrogens with zero attached hydrogens (tertiary/aromatic N) is 1. The monoisotopic (exact) mass is 503 g/mol. The number of hydrogen-bond acceptors (Lipinski definition) is 4. The van der Waals surface area contributed by atoms with Gasteiger partial charge in [-0.2, -0.15) is 5.10 Å². The lowest BCUT2D eigenvalue weighted by atomic mass is 10.1. The molecule has 0 aliphatic heterocycles. The number of phenolic OH excluding ortho intramolecular Hbond substituents is 1. The van der Waals surface area contributed by atoms with E-state index >= 15 is 0 Å². The number of anilines is 1. The van der Waals surface area contributed by atoms with Gasteiger partial charge in [0.2, 0.25) is 0 Å². The molecule has 1 unspecified atom stereocenters. The lowest BCUT2D eigenvalue weighted by molar-refractivity contribution is -0.121. The van der Waals surface area contributed by atoms with Gasteiger partial charge in [-0.15, -0.1) is 0 Å². The molecule has 1 atom stereocenters. The summed E-state index contributed by atoms with van der Waals surface area (Å²) in [5.41, 5.74) is 4.72. The van der Waals surface area contributed by atoms with E-state index in [1.165, 1.54) is 6.21 Å². The molecule has 3 rings (SSSR count). The Bertz CT molecular complexity index is 1070. The third-order valence-corrected chi connectivity index (χ3v) is 6.15. The summed E-state index contributed by atoms with van der Waals surface area (Å²) in [5, 5.41) is 19.5. The molecule has 0 saturated heterocycles. The number of rotatable bonds is 5. The Labute approximate surface area is 180 Å². The topological polar surface area (TPSA) is 73.7 Å². The Morgan fingerprint density at radius 1 is 1.14 bits per heavy atom. The van der Waals surface area contributed by atoms with Crippen molar-refractivity contribution < 1.29 is 9.90 Å². The molecule has 0 saturated carbocycles. The molecule has 0 aliphatic carbocycles. The molecule has 0 aromatic heterocycles. The van der Waals surface area contributed by atoms with E-state index in [0.29, 0.717) is 10.0 Å². The van der Waals surface area contributed by atoms with Crippen molar-refractivity contribution in [2.45, 2.75) is 19.9 Å². The highest BCUT2D eigenvalue weighted by Gasteiger charge is 2.13. The summed E-state index contributed by atoms with van der Waals surface area (Å²) in [6.07, 6.45) is 1.41. The number of halogens is 2. The van der Waals surface area contributed by atoms with Crippen LogP contribution in [0.1, 0.15) is 18.1 Å². The minimum absolute atomic E-state index is 0.0704. The number of fused-ring (bicyclic) bond motifs is 1. The van der Waals surface area contributed by atoms with Crippen LogP contribution in [0.25, 0.3) is 10.8 Å². The van der Waals surface area contributed by atoms with Gasteiger partial charge in [0.1, 0.15) is 11.8 Å². The van der Waals surface area contributed by atoms with E-state index in [9.17, 15) is 9.90 Å². The molecule has 0 heterocycles. The van der Waals surface area contributed by atoms with E-state index < -0.39 is 6.04 Å². The molecular weight excluding hydrogens is 486 g/mol. The van der Waals surface area contributed by atoms with Gasteiger partial charge >= 0.3 is 0 Å². The van der Waals surface area contributed by atoms with Gasteiger partial charge in [0, 0.05) is 15.7 Å². The number of hydrogen-bond donors (Lipinski definition) is 3.